The van der Waals surface area contributed by atoms with E-state index in [1.807, 2.05) is 13.8 Å². The van der Waals surface area contributed by atoms with Crippen molar-refractivity contribution < 1.29 is 28.9 Å². The zero-order valence-electron chi connectivity index (χ0n) is 11.5. The number of rotatable bonds is 9. The third kappa shape index (κ3) is 4.89. The van der Waals surface area contributed by atoms with Crippen LogP contribution in [0, 0.1) is 0 Å². The van der Waals surface area contributed by atoms with Gasteiger partial charge in [-0.05, 0) is 32.0 Å². The van der Waals surface area contributed by atoms with Gasteiger partial charge in [0, 0.05) is 5.56 Å². The van der Waals surface area contributed by atoms with Crippen LogP contribution in [0.5, 0.6) is 11.5 Å². The number of carboxylic acids is 1. The number of ether oxygens (including phenoxy) is 3. The first-order valence-corrected chi connectivity index (χ1v) is 6.30. The Morgan fingerprint density at radius 2 is 1.70 bits per heavy atom. The lowest BCUT2D eigenvalue weighted by molar-refractivity contribution is -0.141. The summed E-state index contributed by atoms with van der Waals surface area (Å²) < 4.78 is 15.6. The Morgan fingerprint density at radius 1 is 1.05 bits per heavy atom. The van der Waals surface area contributed by atoms with Crippen molar-refractivity contribution in [3.8, 4) is 11.5 Å². The molecule has 0 aliphatic carbocycles. The molecule has 0 heterocycles. The van der Waals surface area contributed by atoms with Gasteiger partial charge in [0.25, 0.3) is 0 Å². The summed E-state index contributed by atoms with van der Waals surface area (Å²) in [6.07, 6.45) is 0. The van der Waals surface area contributed by atoms with Gasteiger partial charge in [-0.1, -0.05) is 0 Å². The fourth-order valence-electron chi connectivity index (χ4n) is 1.54. The third-order valence-corrected chi connectivity index (χ3v) is 2.32. The van der Waals surface area contributed by atoms with Crippen molar-refractivity contribution in [3.63, 3.8) is 0 Å². The molecule has 20 heavy (non-hydrogen) atoms. The van der Waals surface area contributed by atoms with E-state index in [0.717, 1.165) is 0 Å². The fraction of sp³-hybridized carbons (Fsp3) is 0.429. The molecule has 0 bridgehead atoms. The third-order valence-electron chi connectivity index (χ3n) is 2.32. The Hall–Kier alpha value is -2.08. The van der Waals surface area contributed by atoms with E-state index < -0.39 is 12.6 Å². The maximum absolute atomic E-state index is 11.8. The van der Waals surface area contributed by atoms with Crippen LogP contribution >= 0.6 is 0 Å². The Balaban J connectivity index is 2.76. The molecule has 0 fully saturated rings. The quantitative estimate of drug-likeness (QED) is 0.695. The van der Waals surface area contributed by atoms with E-state index >= 15 is 0 Å². The highest BCUT2D eigenvalue weighted by molar-refractivity contribution is 5.97. The molecule has 0 aliphatic rings. The van der Waals surface area contributed by atoms with Crippen molar-refractivity contribution in [2.45, 2.75) is 13.8 Å². The zero-order valence-corrected chi connectivity index (χ0v) is 11.5. The standard InChI is InChI=1S/C14H18O6/c1-3-19-12-6-5-10(7-13(12)20-4-2)11(15)8-18-9-14(16)17/h5-7H,3-4,8-9H2,1-2H3,(H,16,17). The molecule has 1 N–H and O–H groups in total. The molecule has 110 valence electrons. The molecule has 0 spiro atoms. The van der Waals surface area contributed by atoms with Crippen LogP contribution in [0.25, 0.3) is 0 Å². The number of benzene rings is 1. The van der Waals surface area contributed by atoms with Gasteiger partial charge < -0.3 is 19.3 Å². The Bertz CT molecular complexity index is 469. The molecule has 1 rings (SSSR count). The largest absolute Gasteiger partial charge is 0.490 e. The van der Waals surface area contributed by atoms with Crippen LogP contribution < -0.4 is 9.47 Å². The molecule has 6 nitrogen and oxygen atoms in total. The second kappa shape index (κ2) is 8.16. The van der Waals surface area contributed by atoms with E-state index in [-0.39, 0.29) is 12.4 Å². The minimum atomic E-state index is -1.11. The molecule has 0 saturated carbocycles. The summed E-state index contributed by atoms with van der Waals surface area (Å²) in [7, 11) is 0. The summed E-state index contributed by atoms with van der Waals surface area (Å²) in [5, 5.41) is 8.43. The lowest BCUT2D eigenvalue weighted by Gasteiger charge is -2.12. The number of Topliss-reactive ketones (excluding diaryl/α,β-unsaturated/α-hetero) is 1. The molecule has 0 amide bonds. The number of ketones is 1. The van der Waals surface area contributed by atoms with E-state index in [2.05, 4.69) is 0 Å². The van der Waals surface area contributed by atoms with E-state index in [1.54, 1.807) is 18.2 Å². The maximum atomic E-state index is 11.8. The van der Waals surface area contributed by atoms with E-state index in [0.29, 0.717) is 30.3 Å². The highest BCUT2D eigenvalue weighted by Crippen LogP contribution is 2.28. The molecule has 0 aromatic heterocycles. The summed E-state index contributed by atoms with van der Waals surface area (Å²) in [5.41, 5.74) is 0.391. The van der Waals surface area contributed by atoms with Crippen LogP contribution in [0.15, 0.2) is 18.2 Å². The molecule has 0 radical (unpaired) electrons. The number of hydrogen-bond donors (Lipinski definition) is 1. The predicted molar refractivity (Wildman–Crippen MR) is 71.6 cm³/mol. The SMILES string of the molecule is CCOc1ccc(C(=O)COCC(=O)O)cc1OCC. The van der Waals surface area contributed by atoms with Crippen molar-refractivity contribution in [2.75, 3.05) is 26.4 Å². The van der Waals surface area contributed by atoms with E-state index in [9.17, 15) is 9.59 Å². The van der Waals surface area contributed by atoms with Gasteiger partial charge in [0.05, 0.1) is 13.2 Å². The van der Waals surface area contributed by atoms with Gasteiger partial charge in [-0.3, -0.25) is 4.79 Å². The van der Waals surface area contributed by atoms with Crippen molar-refractivity contribution in [1.29, 1.82) is 0 Å². The van der Waals surface area contributed by atoms with Gasteiger partial charge in [0.2, 0.25) is 0 Å². The first kappa shape index (κ1) is 16.0. The summed E-state index contributed by atoms with van der Waals surface area (Å²) in [6.45, 7) is 3.85. The number of hydrogen-bond acceptors (Lipinski definition) is 5. The van der Waals surface area contributed by atoms with Gasteiger partial charge in [-0.15, -0.1) is 0 Å². The van der Waals surface area contributed by atoms with Crippen LogP contribution in [0.3, 0.4) is 0 Å². The number of carbonyl (C=O) groups is 2. The summed E-state index contributed by atoms with van der Waals surface area (Å²) in [5.74, 6) is -0.370. The normalized spacial score (nSPS) is 10.1. The van der Waals surface area contributed by atoms with Crippen LogP contribution in [-0.4, -0.2) is 43.3 Å². The summed E-state index contributed by atoms with van der Waals surface area (Å²) in [4.78, 5) is 22.1. The summed E-state index contributed by atoms with van der Waals surface area (Å²) >= 11 is 0. The minimum Gasteiger partial charge on any atom is -0.490 e. The van der Waals surface area contributed by atoms with Crippen LogP contribution in [0.4, 0.5) is 0 Å². The second-order valence-electron chi connectivity index (χ2n) is 3.84. The van der Waals surface area contributed by atoms with Gasteiger partial charge in [0.15, 0.2) is 17.3 Å². The van der Waals surface area contributed by atoms with Gasteiger partial charge in [0.1, 0.15) is 13.2 Å². The average molecular weight is 282 g/mol. The molecule has 1 aromatic carbocycles. The Kier molecular flexibility index (Phi) is 6.52. The summed E-state index contributed by atoms with van der Waals surface area (Å²) in [6, 6.07) is 4.82. The lowest BCUT2D eigenvalue weighted by Crippen LogP contribution is -2.14. The number of carboxylic acid groups (broad SMARTS) is 1. The first-order chi connectivity index (χ1) is 9.58. The van der Waals surface area contributed by atoms with Crippen LogP contribution in [0.1, 0.15) is 24.2 Å². The second-order valence-corrected chi connectivity index (χ2v) is 3.84. The molecule has 0 atom stereocenters. The molecular formula is C14H18O6. The first-order valence-electron chi connectivity index (χ1n) is 6.30. The van der Waals surface area contributed by atoms with Gasteiger partial charge >= 0.3 is 5.97 Å². The smallest absolute Gasteiger partial charge is 0.329 e. The zero-order chi connectivity index (χ0) is 15.0. The highest BCUT2D eigenvalue weighted by Gasteiger charge is 2.12. The lowest BCUT2D eigenvalue weighted by atomic mass is 10.1. The van der Waals surface area contributed by atoms with Gasteiger partial charge in [-0.25, -0.2) is 4.79 Å². The monoisotopic (exact) mass is 282 g/mol. The molecule has 1 aromatic rings. The molecular weight excluding hydrogens is 264 g/mol. The minimum absolute atomic E-state index is 0.286. The highest BCUT2D eigenvalue weighted by atomic mass is 16.5. The topological polar surface area (TPSA) is 82.1 Å². The van der Waals surface area contributed by atoms with Gasteiger partial charge in [-0.2, -0.15) is 0 Å². The molecule has 6 heteroatoms. The van der Waals surface area contributed by atoms with E-state index in [1.165, 1.54) is 0 Å². The number of carbonyl (C=O) groups excluding carboxylic acids is 1. The molecule has 0 saturated heterocycles. The predicted octanol–water partition coefficient (Wildman–Crippen LogP) is 1.77. The Labute approximate surface area is 117 Å². The average Bonchev–Trinajstić information content (AvgIpc) is 2.40. The van der Waals surface area contributed by atoms with Crippen molar-refractivity contribution in [3.05, 3.63) is 23.8 Å². The van der Waals surface area contributed by atoms with Crippen molar-refractivity contribution in [1.82, 2.24) is 0 Å². The fourth-order valence-corrected chi connectivity index (χ4v) is 1.54. The van der Waals surface area contributed by atoms with Crippen molar-refractivity contribution in [2.24, 2.45) is 0 Å². The Morgan fingerprint density at radius 3 is 2.30 bits per heavy atom. The van der Waals surface area contributed by atoms with Crippen LogP contribution in [-0.2, 0) is 9.53 Å². The maximum Gasteiger partial charge on any atom is 0.329 e. The van der Waals surface area contributed by atoms with E-state index in [4.69, 9.17) is 19.3 Å². The van der Waals surface area contributed by atoms with Crippen LogP contribution in [0.2, 0.25) is 0 Å². The molecule has 0 aliphatic heterocycles. The molecule has 0 unspecified atom stereocenters. The number of aliphatic carboxylic acids is 1. The van der Waals surface area contributed by atoms with Crippen molar-refractivity contribution >= 4 is 11.8 Å².